The fourth-order valence-corrected chi connectivity index (χ4v) is 1.08. The number of benzene rings is 1. The molecular formula is C9H11FN2O2. The molecule has 0 atom stereocenters. The van der Waals surface area contributed by atoms with E-state index >= 15 is 0 Å². The van der Waals surface area contributed by atoms with Gasteiger partial charge in [0.25, 0.3) is 0 Å². The predicted octanol–water partition coefficient (Wildman–Crippen LogP) is 0.653. The van der Waals surface area contributed by atoms with Crippen molar-refractivity contribution in [2.75, 3.05) is 12.8 Å². The maximum Gasteiger partial charge on any atom is 0.340 e. The van der Waals surface area contributed by atoms with Crippen LogP contribution in [0.15, 0.2) is 12.1 Å². The molecule has 1 aromatic rings. The standard InChI is InChI=1S/C9H11FN2O2/c1-14-9(13)6-3-7(10)5(4-11)2-8(6)12/h2-3H,4,11-12H2,1H3. The van der Waals surface area contributed by atoms with Crippen LogP contribution in [0.2, 0.25) is 0 Å². The maximum absolute atomic E-state index is 13.2. The Labute approximate surface area is 80.6 Å². The van der Waals surface area contributed by atoms with E-state index in [1.54, 1.807) is 0 Å². The number of ether oxygens (including phenoxy) is 1. The lowest BCUT2D eigenvalue weighted by atomic mass is 10.1. The van der Waals surface area contributed by atoms with Gasteiger partial charge in [-0.2, -0.15) is 0 Å². The molecule has 0 aliphatic rings. The maximum atomic E-state index is 13.2. The van der Waals surface area contributed by atoms with Crippen LogP contribution in [0.3, 0.4) is 0 Å². The summed E-state index contributed by atoms with van der Waals surface area (Å²) in [5.41, 5.74) is 11.2. The number of hydrogen-bond donors (Lipinski definition) is 2. The van der Waals surface area contributed by atoms with Gasteiger partial charge in [-0.1, -0.05) is 0 Å². The fourth-order valence-electron chi connectivity index (χ4n) is 1.08. The largest absolute Gasteiger partial charge is 0.465 e. The number of nitrogens with two attached hydrogens (primary N) is 2. The minimum atomic E-state index is -0.662. The Balaban J connectivity index is 3.21. The number of esters is 1. The predicted molar refractivity (Wildman–Crippen MR) is 50.0 cm³/mol. The van der Waals surface area contributed by atoms with E-state index in [9.17, 15) is 9.18 Å². The van der Waals surface area contributed by atoms with Crippen molar-refractivity contribution in [1.29, 1.82) is 0 Å². The first-order valence-electron chi connectivity index (χ1n) is 3.96. The molecule has 0 aromatic heterocycles. The van der Waals surface area contributed by atoms with E-state index < -0.39 is 11.8 Å². The van der Waals surface area contributed by atoms with Crippen LogP contribution in [0, 0.1) is 5.82 Å². The van der Waals surface area contributed by atoms with Gasteiger partial charge >= 0.3 is 5.97 Å². The summed E-state index contributed by atoms with van der Waals surface area (Å²) in [6, 6.07) is 2.37. The average molecular weight is 198 g/mol. The van der Waals surface area contributed by atoms with Crippen LogP contribution in [-0.2, 0) is 11.3 Å². The molecule has 0 unspecified atom stereocenters. The highest BCUT2D eigenvalue weighted by Gasteiger charge is 2.13. The zero-order chi connectivity index (χ0) is 10.7. The van der Waals surface area contributed by atoms with Gasteiger partial charge in [-0.3, -0.25) is 0 Å². The first kappa shape index (κ1) is 10.5. The smallest absolute Gasteiger partial charge is 0.340 e. The van der Waals surface area contributed by atoms with Crippen molar-refractivity contribution < 1.29 is 13.9 Å². The summed E-state index contributed by atoms with van der Waals surface area (Å²) in [5, 5.41) is 0. The van der Waals surface area contributed by atoms with Crippen molar-refractivity contribution in [3.63, 3.8) is 0 Å². The number of nitrogen functional groups attached to an aromatic ring is 1. The summed E-state index contributed by atoms with van der Waals surface area (Å²) >= 11 is 0. The quantitative estimate of drug-likeness (QED) is 0.540. The molecule has 4 N–H and O–H groups in total. The minimum Gasteiger partial charge on any atom is -0.465 e. The van der Waals surface area contributed by atoms with Gasteiger partial charge in [-0.05, 0) is 12.1 Å². The number of methoxy groups -OCH3 is 1. The van der Waals surface area contributed by atoms with Crippen LogP contribution in [0.4, 0.5) is 10.1 Å². The fraction of sp³-hybridized carbons (Fsp3) is 0.222. The van der Waals surface area contributed by atoms with Crippen LogP contribution in [0.5, 0.6) is 0 Å². The van der Waals surface area contributed by atoms with E-state index in [1.165, 1.54) is 13.2 Å². The Bertz CT molecular complexity index is 366. The molecule has 14 heavy (non-hydrogen) atoms. The zero-order valence-electron chi connectivity index (χ0n) is 7.71. The van der Waals surface area contributed by atoms with Crippen LogP contribution in [-0.4, -0.2) is 13.1 Å². The molecule has 1 aromatic carbocycles. The third kappa shape index (κ3) is 1.82. The van der Waals surface area contributed by atoms with Crippen molar-refractivity contribution >= 4 is 11.7 Å². The van der Waals surface area contributed by atoms with Gasteiger partial charge in [0.1, 0.15) is 5.82 Å². The second-order valence-corrected chi connectivity index (χ2v) is 2.73. The molecule has 0 aliphatic carbocycles. The molecule has 0 saturated heterocycles. The van der Waals surface area contributed by atoms with E-state index in [0.29, 0.717) is 0 Å². The van der Waals surface area contributed by atoms with E-state index in [0.717, 1.165) is 6.07 Å². The highest BCUT2D eigenvalue weighted by Crippen LogP contribution is 2.18. The first-order valence-corrected chi connectivity index (χ1v) is 3.96. The number of carbonyl (C=O) groups excluding carboxylic acids is 1. The number of hydrogen-bond acceptors (Lipinski definition) is 4. The van der Waals surface area contributed by atoms with Crippen LogP contribution < -0.4 is 11.5 Å². The normalized spacial score (nSPS) is 9.93. The molecule has 0 saturated carbocycles. The number of carbonyl (C=O) groups is 1. The van der Waals surface area contributed by atoms with Gasteiger partial charge < -0.3 is 16.2 Å². The second-order valence-electron chi connectivity index (χ2n) is 2.73. The summed E-state index contributed by atoms with van der Waals surface area (Å²) in [6.07, 6.45) is 0. The van der Waals surface area contributed by atoms with E-state index in [2.05, 4.69) is 4.74 Å². The Morgan fingerprint density at radius 1 is 1.57 bits per heavy atom. The second kappa shape index (κ2) is 4.06. The molecule has 0 radical (unpaired) electrons. The number of anilines is 1. The number of rotatable bonds is 2. The van der Waals surface area contributed by atoms with Crippen molar-refractivity contribution in [2.45, 2.75) is 6.54 Å². The average Bonchev–Trinajstić information content (AvgIpc) is 2.19. The Kier molecular flexibility index (Phi) is 3.03. The molecule has 0 spiro atoms. The van der Waals surface area contributed by atoms with Crippen molar-refractivity contribution in [3.8, 4) is 0 Å². The van der Waals surface area contributed by atoms with E-state index in [1.807, 2.05) is 0 Å². The first-order chi connectivity index (χ1) is 6.60. The van der Waals surface area contributed by atoms with Crippen LogP contribution in [0.25, 0.3) is 0 Å². The molecule has 0 heterocycles. The van der Waals surface area contributed by atoms with Crippen molar-refractivity contribution in [3.05, 3.63) is 29.1 Å². The van der Waals surface area contributed by atoms with Gasteiger partial charge in [0.05, 0.1) is 12.7 Å². The molecule has 4 nitrogen and oxygen atoms in total. The lowest BCUT2D eigenvalue weighted by Crippen LogP contribution is -2.09. The summed E-state index contributed by atoms with van der Waals surface area (Å²) in [6.45, 7) is 0.0392. The Morgan fingerprint density at radius 3 is 2.71 bits per heavy atom. The lowest BCUT2D eigenvalue weighted by molar-refractivity contribution is 0.0601. The van der Waals surface area contributed by atoms with Gasteiger partial charge in [0.15, 0.2) is 0 Å². The molecular weight excluding hydrogens is 187 g/mol. The molecule has 0 bridgehead atoms. The Hall–Kier alpha value is -1.62. The third-order valence-corrected chi connectivity index (χ3v) is 1.84. The zero-order valence-corrected chi connectivity index (χ0v) is 7.71. The van der Waals surface area contributed by atoms with E-state index in [-0.39, 0.29) is 23.4 Å². The molecule has 0 aliphatic heterocycles. The van der Waals surface area contributed by atoms with Gasteiger partial charge in [-0.15, -0.1) is 0 Å². The monoisotopic (exact) mass is 198 g/mol. The SMILES string of the molecule is COC(=O)c1cc(F)c(CN)cc1N. The lowest BCUT2D eigenvalue weighted by Gasteiger charge is -2.06. The molecule has 0 fully saturated rings. The van der Waals surface area contributed by atoms with Crippen LogP contribution >= 0.6 is 0 Å². The topological polar surface area (TPSA) is 78.3 Å². The minimum absolute atomic E-state index is 0.0159. The Morgan fingerprint density at radius 2 is 2.21 bits per heavy atom. The van der Waals surface area contributed by atoms with Crippen molar-refractivity contribution in [2.24, 2.45) is 5.73 Å². The summed E-state index contributed by atoms with van der Waals surface area (Å²) in [7, 11) is 1.20. The molecule has 0 amide bonds. The molecule has 1 rings (SSSR count). The van der Waals surface area contributed by atoms with E-state index in [4.69, 9.17) is 11.5 Å². The van der Waals surface area contributed by atoms with Gasteiger partial charge in [0, 0.05) is 17.8 Å². The third-order valence-electron chi connectivity index (χ3n) is 1.84. The van der Waals surface area contributed by atoms with Gasteiger partial charge in [-0.25, -0.2) is 9.18 Å². The van der Waals surface area contributed by atoms with Gasteiger partial charge in [0.2, 0.25) is 0 Å². The summed E-state index contributed by atoms with van der Waals surface area (Å²) in [4.78, 5) is 11.1. The highest BCUT2D eigenvalue weighted by molar-refractivity contribution is 5.95. The summed E-state index contributed by atoms with van der Waals surface area (Å²) in [5.74, 6) is -1.22. The van der Waals surface area contributed by atoms with Crippen LogP contribution in [0.1, 0.15) is 15.9 Å². The highest BCUT2D eigenvalue weighted by atomic mass is 19.1. The van der Waals surface area contributed by atoms with Crippen molar-refractivity contribution in [1.82, 2.24) is 0 Å². The molecule has 5 heteroatoms. The summed E-state index contributed by atoms with van der Waals surface area (Å²) < 4.78 is 17.6. The molecule has 76 valence electrons. The number of halogens is 1.